The molecular formula is C12H19NO5. The summed E-state index contributed by atoms with van der Waals surface area (Å²) in [7, 11) is 0. The summed E-state index contributed by atoms with van der Waals surface area (Å²) >= 11 is 0. The summed E-state index contributed by atoms with van der Waals surface area (Å²) in [6, 6.07) is -0.358. The lowest BCUT2D eigenvalue weighted by Gasteiger charge is -2.11. The van der Waals surface area contributed by atoms with Gasteiger partial charge >= 0.3 is 12.1 Å². The number of nitrogens with one attached hydrogen (secondary N) is 1. The monoisotopic (exact) mass is 257 g/mol. The van der Waals surface area contributed by atoms with E-state index in [1.807, 2.05) is 0 Å². The van der Waals surface area contributed by atoms with Gasteiger partial charge in [0.05, 0.1) is 13.2 Å². The van der Waals surface area contributed by atoms with Crippen molar-refractivity contribution in [2.45, 2.75) is 33.2 Å². The van der Waals surface area contributed by atoms with E-state index in [9.17, 15) is 14.4 Å². The Balaban J connectivity index is 4.00. The van der Waals surface area contributed by atoms with Crippen LogP contribution in [0, 0.1) is 0 Å². The molecule has 1 amide bonds. The molecule has 0 aliphatic heterocycles. The molecule has 0 heterocycles. The molecule has 0 bridgehead atoms. The van der Waals surface area contributed by atoms with Crippen molar-refractivity contribution in [2.24, 2.45) is 0 Å². The Morgan fingerprint density at radius 1 is 1.11 bits per heavy atom. The molecule has 0 radical (unpaired) electrons. The summed E-state index contributed by atoms with van der Waals surface area (Å²) in [5.41, 5.74) is 0. The topological polar surface area (TPSA) is 81.7 Å². The first-order chi connectivity index (χ1) is 8.49. The highest BCUT2D eigenvalue weighted by Gasteiger charge is 2.10. The third-order valence-electron chi connectivity index (χ3n) is 1.84. The van der Waals surface area contributed by atoms with Gasteiger partial charge in [-0.2, -0.15) is 0 Å². The fraction of sp³-hybridized carbons (Fsp3) is 0.583. The number of alkyl carbamates (subject to hydrolysis) is 1. The molecule has 0 unspecified atom stereocenters. The van der Waals surface area contributed by atoms with Crippen molar-refractivity contribution in [2.75, 3.05) is 13.2 Å². The molecule has 18 heavy (non-hydrogen) atoms. The van der Waals surface area contributed by atoms with Crippen LogP contribution < -0.4 is 5.32 Å². The molecule has 0 spiro atoms. The summed E-state index contributed by atoms with van der Waals surface area (Å²) in [5.74, 6) is -0.829. The quantitative estimate of drug-likeness (QED) is 0.547. The number of rotatable bonds is 7. The van der Waals surface area contributed by atoms with Crippen LogP contribution in [0.5, 0.6) is 0 Å². The highest BCUT2D eigenvalue weighted by atomic mass is 16.5. The van der Waals surface area contributed by atoms with Gasteiger partial charge in [0, 0.05) is 18.5 Å². The van der Waals surface area contributed by atoms with E-state index in [4.69, 9.17) is 0 Å². The van der Waals surface area contributed by atoms with Gasteiger partial charge in [0.2, 0.25) is 0 Å². The highest BCUT2D eigenvalue weighted by Crippen LogP contribution is 1.95. The Labute approximate surface area is 106 Å². The van der Waals surface area contributed by atoms with Gasteiger partial charge in [-0.15, -0.1) is 0 Å². The van der Waals surface area contributed by atoms with Crippen LogP contribution in [-0.4, -0.2) is 37.1 Å². The maximum Gasteiger partial charge on any atom is 0.407 e. The van der Waals surface area contributed by atoms with Crippen LogP contribution in [0.3, 0.4) is 0 Å². The van der Waals surface area contributed by atoms with Crippen molar-refractivity contribution in [1.82, 2.24) is 5.32 Å². The number of esters is 1. The Hall–Kier alpha value is -1.85. The lowest BCUT2D eigenvalue weighted by Crippen LogP contribution is -2.34. The number of ether oxygens (including phenoxy) is 2. The van der Waals surface area contributed by atoms with Crippen molar-refractivity contribution in [3.63, 3.8) is 0 Å². The highest BCUT2D eigenvalue weighted by molar-refractivity contribution is 5.96. The Morgan fingerprint density at radius 3 is 2.28 bits per heavy atom. The second kappa shape index (κ2) is 9.21. The lowest BCUT2D eigenvalue weighted by molar-refractivity contribution is -0.137. The van der Waals surface area contributed by atoms with E-state index < -0.39 is 12.1 Å². The van der Waals surface area contributed by atoms with Gasteiger partial charge in [0.25, 0.3) is 0 Å². The summed E-state index contributed by atoms with van der Waals surface area (Å²) in [6.45, 7) is 5.58. The molecular weight excluding hydrogens is 238 g/mol. The molecule has 0 aromatic heterocycles. The first-order valence-corrected chi connectivity index (χ1v) is 5.80. The zero-order valence-corrected chi connectivity index (χ0v) is 10.9. The molecule has 6 nitrogen and oxygen atoms in total. The first kappa shape index (κ1) is 16.1. The van der Waals surface area contributed by atoms with Crippen molar-refractivity contribution < 1.29 is 23.9 Å². The molecule has 0 saturated carbocycles. The van der Waals surface area contributed by atoms with E-state index in [0.29, 0.717) is 0 Å². The minimum Gasteiger partial charge on any atom is -0.463 e. The standard InChI is InChI=1S/C12H19NO5/c1-4-17-11(15)7-6-10(14)8-9(3)13-12(16)18-5-2/h6-7,9H,4-5,8H2,1-3H3,(H,13,16)/b7-6-/t9-/m1/s1. The SMILES string of the molecule is CCOC(=O)/C=C\C(=O)C[C@@H](C)NC(=O)OCC. The average molecular weight is 257 g/mol. The van der Waals surface area contributed by atoms with Gasteiger partial charge in [-0.3, -0.25) is 4.79 Å². The smallest absolute Gasteiger partial charge is 0.407 e. The Bertz CT molecular complexity index is 324. The molecule has 0 aromatic carbocycles. The predicted molar refractivity (Wildman–Crippen MR) is 65.0 cm³/mol. The van der Waals surface area contributed by atoms with Gasteiger partial charge in [0.15, 0.2) is 5.78 Å². The fourth-order valence-electron chi connectivity index (χ4n) is 1.15. The van der Waals surface area contributed by atoms with E-state index in [1.165, 1.54) is 0 Å². The molecule has 102 valence electrons. The third kappa shape index (κ3) is 8.32. The number of carbonyl (C=O) groups excluding carboxylic acids is 3. The summed E-state index contributed by atoms with van der Waals surface area (Å²) in [4.78, 5) is 33.4. The summed E-state index contributed by atoms with van der Waals surface area (Å²) in [6.07, 6.45) is 1.74. The zero-order valence-electron chi connectivity index (χ0n) is 10.9. The third-order valence-corrected chi connectivity index (χ3v) is 1.84. The molecule has 0 aromatic rings. The number of hydrogen-bond acceptors (Lipinski definition) is 5. The first-order valence-electron chi connectivity index (χ1n) is 5.80. The molecule has 0 aliphatic carbocycles. The zero-order chi connectivity index (χ0) is 14.0. The van der Waals surface area contributed by atoms with Crippen LogP contribution >= 0.6 is 0 Å². The molecule has 0 saturated heterocycles. The molecule has 1 atom stereocenters. The summed E-state index contributed by atoms with van der Waals surface area (Å²) < 4.78 is 9.30. The molecule has 6 heteroatoms. The average Bonchev–Trinajstić information content (AvgIpc) is 2.26. The maximum atomic E-state index is 11.4. The number of allylic oxidation sites excluding steroid dienone is 1. The Morgan fingerprint density at radius 2 is 1.72 bits per heavy atom. The largest absolute Gasteiger partial charge is 0.463 e. The van der Waals surface area contributed by atoms with E-state index in [2.05, 4.69) is 14.8 Å². The Kier molecular flexibility index (Phi) is 8.26. The lowest BCUT2D eigenvalue weighted by atomic mass is 10.1. The fourth-order valence-corrected chi connectivity index (χ4v) is 1.15. The molecule has 0 fully saturated rings. The normalized spacial score (nSPS) is 11.9. The van der Waals surface area contributed by atoms with Gasteiger partial charge in [-0.25, -0.2) is 9.59 Å². The van der Waals surface area contributed by atoms with Crippen molar-refractivity contribution in [3.05, 3.63) is 12.2 Å². The van der Waals surface area contributed by atoms with Crippen LogP contribution in [0.25, 0.3) is 0 Å². The van der Waals surface area contributed by atoms with Crippen LogP contribution in [0.2, 0.25) is 0 Å². The molecule has 0 aliphatic rings. The van der Waals surface area contributed by atoms with Crippen molar-refractivity contribution in [3.8, 4) is 0 Å². The van der Waals surface area contributed by atoms with E-state index in [1.54, 1.807) is 20.8 Å². The van der Waals surface area contributed by atoms with E-state index in [0.717, 1.165) is 12.2 Å². The minimum absolute atomic E-state index is 0.0920. The second-order valence-corrected chi connectivity index (χ2v) is 3.52. The number of ketones is 1. The predicted octanol–water partition coefficient (Wildman–Crippen LogP) is 1.20. The summed E-state index contributed by atoms with van der Waals surface area (Å²) in [5, 5.41) is 2.49. The minimum atomic E-state index is -0.563. The number of hydrogen-bond donors (Lipinski definition) is 1. The van der Waals surface area contributed by atoms with Crippen LogP contribution in [0.1, 0.15) is 27.2 Å². The van der Waals surface area contributed by atoms with E-state index in [-0.39, 0.29) is 31.5 Å². The van der Waals surface area contributed by atoms with Crippen LogP contribution in [0.4, 0.5) is 4.79 Å². The van der Waals surface area contributed by atoms with Crippen LogP contribution in [-0.2, 0) is 19.1 Å². The number of carbonyl (C=O) groups is 3. The maximum absolute atomic E-state index is 11.4. The number of amides is 1. The molecule has 0 rings (SSSR count). The van der Waals surface area contributed by atoms with Crippen LogP contribution in [0.15, 0.2) is 12.2 Å². The van der Waals surface area contributed by atoms with Gasteiger partial charge in [-0.05, 0) is 26.8 Å². The van der Waals surface area contributed by atoms with Crippen molar-refractivity contribution in [1.29, 1.82) is 0 Å². The van der Waals surface area contributed by atoms with E-state index >= 15 is 0 Å². The van der Waals surface area contributed by atoms with Gasteiger partial charge in [0.1, 0.15) is 0 Å². The van der Waals surface area contributed by atoms with Crippen molar-refractivity contribution >= 4 is 17.8 Å². The molecule has 1 N–H and O–H groups in total. The second-order valence-electron chi connectivity index (χ2n) is 3.52. The van der Waals surface area contributed by atoms with Gasteiger partial charge < -0.3 is 14.8 Å². The van der Waals surface area contributed by atoms with Gasteiger partial charge in [-0.1, -0.05) is 0 Å².